The number of carbonyl (C=O) groups is 1. The fraction of sp³-hybridized carbons (Fsp3) is 0.143. The van der Waals surface area contributed by atoms with Crippen LogP contribution in [0.3, 0.4) is 0 Å². The molecular formula is C14H11Cl2NO. The second kappa shape index (κ2) is 5.98. The summed E-state index contributed by atoms with van der Waals surface area (Å²) >= 11 is 11.8. The summed E-state index contributed by atoms with van der Waals surface area (Å²) in [6.07, 6.45) is 4.51. The third-order valence-electron chi connectivity index (χ3n) is 2.59. The minimum Gasteiger partial charge on any atom is -0.294 e. The Hall–Kier alpha value is -1.38. The molecule has 4 heteroatoms. The van der Waals surface area contributed by atoms with Crippen LogP contribution in [0, 0.1) is 0 Å². The Labute approximate surface area is 116 Å². The molecule has 0 aliphatic rings. The lowest BCUT2D eigenvalue weighted by Crippen LogP contribution is -2.02. The number of aryl methyl sites for hydroxylation is 1. The highest BCUT2D eigenvalue weighted by Crippen LogP contribution is 2.22. The quantitative estimate of drug-likeness (QED) is 0.785. The number of aromatic nitrogens is 1. The van der Waals surface area contributed by atoms with Crippen molar-refractivity contribution < 1.29 is 4.79 Å². The van der Waals surface area contributed by atoms with E-state index in [1.165, 1.54) is 0 Å². The molecule has 0 amide bonds. The predicted octanol–water partition coefficient (Wildman–Crippen LogP) is 4.20. The fourth-order valence-corrected chi connectivity index (χ4v) is 2.04. The van der Waals surface area contributed by atoms with Crippen molar-refractivity contribution in [3.8, 4) is 0 Å². The molecule has 0 atom stereocenters. The number of hydrogen-bond acceptors (Lipinski definition) is 2. The summed E-state index contributed by atoms with van der Waals surface area (Å²) in [6, 6.07) is 8.71. The van der Waals surface area contributed by atoms with E-state index in [4.69, 9.17) is 23.2 Å². The number of ketones is 1. The fourth-order valence-electron chi connectivity index (χ4n) is 1.65. The summed E-state index contributed by atoms with van der Waals surface area (Å²) in [5.74, 6) is -0.00801. The molecule has 0 radical (unpaired) electrons. The summed E-state index contributed by atoms with van der Waals surface area (Å²) in [4.78, 5) is 16.0. The molecule has 0 N–H and O–H groups in total. The minimum absolute atomic E-state index is 0.00801. The van der Waals surface area contributed by atoms with Crippen LogP contribution in [0.25, 0.3) is 0 Å². The number of pyridine rings is 1. The third kappa shape index (κ3) is 3.31. The first kappa shape index (κ1) is 13.1. The van der Waals surface area contributed by atoms with Gasteiger partial charge in [-0.1, -0.05) is 29.3 Å². The van der Waals surface area contributed by atoms with E-state index in [1.807, 2.05) is 12.1 Å². The zero-order valence-corrected chi connectivity index (χ0v) is 11.1. The number of halogens is 2. The Morgan fingerprint density at radius 2 is 2.06 bits per heavy atom. The highest BCUT2D eigenvalue weighted by molar-refractivity contribution is 6.35. The van der Waals surface area contributed by atoms with Crippen molar-refractivity contribution in [1.82, 2.24) is 4.98 Å². The smallest absolute Gasteiger partial charge is 0.164 e. The minimum atomic E-state index is -0.00801. The second-order valence-electron chi connectivity index (χ2n) is 3.91. The molecule has 2 nitrogen and oxygen atoms in total. The lowest BCUT2D eigenvalue weighted by molar-refractivity contribution is 0.0983. The van der Waals surface area contributed by atoms with Crippen molar-refractivity contribution in [3.63, 3.8) is 0 Å². The van der Waals surface area contributed by atoms with Crippen LogP contribution in [-0.4, -0.2) is 10.8 Å². The van der Waals surface area contributed by atoms with Crippen molar-refractivity contribution >= 4 is 29.0 Å². The second-order valence-corrected chi connectivity index (χ2v) is 4.75. The van der Waals surface area contributed by atoms with E-state index in [9.17, 15) is 4.79 Å². The number of Topliss-reactive ketones (excluding diaryl/α,β-unsaturated/α-hetero) is 1. The molecule has 1 heterocycles. The van der Waals surface area contributed by atoms with Gasteiger partial charge in [-0.25, -0.2) is 0 Å². The maximum atomic E-state index is 12.0. The zero-order chi connectivity index (χ0) is 13.0. The van der Waals surface area contributed by atoms with Gasteiger partial charge < -0.3 is 0 Å². The Morgan fingerprint density at radius 3 is 2.78 bits per heavy atom. The number of nitrogens with zero attached hydrogens (tertiary/aromatic N) is 1. The van der Waals surface area contributed by atoms with E-state index in [2.05, 4.69) is 4.98 Å². The normalized spacial score (nSPS) is 10.3. The molecule has 1 aromatic heterocycles. The highest BCUT2D eigenvalue weighted by atomic mass is 35.5. The standard InChI is InChI=1S/C14H11Cl2NO/c15-11-4-5-13(16)12(8-11)14(18)6-3-10-2-1-7-17-9-10/h1-2,4-5,7-9H,3,6H2. The zero-order valence-electron chi connectivity index (χ0n) is 9.57. The Kier molecular flexibility index (Phi) is 4.34. The first-order chi connectivity index (χ1) is 8.66. The molecule has 2 aromatic rings. The third-order valence-corrected chi connectivity index (χ3v) is 3.16. The molecule has 0 spiro atoms. The van der Waals surface area contributed by atoms with Crippen molar-refractivity contribution in [2.24, 2.45) is 0 Å². The predicted molar refractivity (Wildman–Crippen MR) is 73.4 cm³/mol. The van der Waals surface area contributed by atoms with Gasteiger partial charge in [0, 0.05) is 29.4 Å². The molecular weight excluding hydrogens is 269 g/mol. The summed E-state index contributed by atoms with van der Waals surface area (Å²) in [5.41, 5.74) is 1.51. The lowest BCUT2D eigenvalue weighted by atomic mass is 10.0. The van der Waals surface area contributed by atoms with Crippen LogP contribution in [0.2, 0.25) is 10.0 Å². The summed E-state index contributed by atoms with van der Waals surface area (Å²) in [7, 11) is 0. The number of hydrogen-bond donors (Lipinski definition) is 0. The van der Waals surface area contributed by atoms with Gasteiger partial charge >= 0.3 is 0 Å². The monoisotopic (exact) mass is 279 g/mol. The van der Waals surface area contributed by atoms with E-state index < -0.39 is 0 Å². The molecule has 92 valence electrons. The van der Waals surface area contributed by atoms with Crippen LogP contribution in [0.4, 0.5) is 0 Å². The maximum absolute atomic E-state index is 12.0. The number of rotatable bonds is 4. The first-order valence-corrected chi connectivity index (χ1v) is 6.29. The van der Waals surface area contributed by atoms with Gasteiger partial charge in [0.05, 0.1) is 5.02 Å². The van der Waals surface area contributed by atoms with Crippen LogP contribution in [-0.2, 0) is 6.42 Å². The average molecular weight is 280 g/mol. The van der Waals surface area contributed by atoms with Crippen LogP contribution in [0.15, 0.2) is 42.7 Å². The van der Waals surface area contributed by atoms with E-state index in [-0.39, 0.29) is 5.78 Å². The van der Waals surface area contributed by atoms with Gasteiger partial charge in [0.25, 0.3) is 0 Å². The molecule has 0 saturated heterocycles. The molecule has 0 bridgehead atoms. The molecule has 0 saturated carbocycles. The van der Waals surface area contributed by atoms with Gasteiger partial charge in [-0.05, 0) is 36.2 Å². The molecule has 1 aromatic carbocycles. The van der Waals surface area contributed by atoms with Crippen molar-refractivity contribution in [2.75, 3.05) is 0 Å². The van der Waals surface area contributed by atoms with Gasteiger partial charge in [-0.2, -0.15) is 0 Å². The van der Waals surface area contributed by atoms with Gasteiger partial charge in [0.1, 0.15) is 0 Å². The highest BCUT2D eigenvalue weighted by Gasteiger charge is 2.11. The molecule has 2 rings (SSSR count). The van der Waals surface area contributed by atoms with E-state index >= 15 is 0 Å². The van der Waals surface area contributed by atoms with Crippen LogP contribution in [0.1, 0.15) is 22.3 Å². The van der Waals surface area contributed by atoms with E-state index in [0.29, 0.717) is 28.5 Å². The lowest BCUT2D eigenvalue weighted by Gasteiger charge is -2.04. The number of carbonyl (C=O) groups excluding carboxylic acids is 1. The maximum Gasteiger partial charge on any atom is 0.164 e. The van der Waals surface area contributed by atoms with Gasteiger partial charge in [0.2, 0.25) is 0 Å². The molecule has 18 heavy (non-hydrogen) atoms. The van der Waals surface area contributed by atoms with Crippen LogP contribution >= 0.6 is 23.2 Å². The summed E-state index contributed by atoms with van der Waals surface area (Å²) in [5, 5.41) is 0.958. The van der Waals surface area contributed by atoms with E-state index in [1.54, 1.807) is 30.6 Å². The largest absolute Gasteiger partial charge is 0.294 e. The molecule has 0 aliphatic carbocycles. The average Bonchev–Trinajstić information content (AvgIpc) is 2.40. The molecule has 0 unspecified atom stereocenters. The number of benzene rings is 1. The van der Waals surface area contributed by atoms with Crippen molar-refractivity contribution in [3.05, 3.63) is 63.9 Å². The first-order valence-electron chi connectivity index (χ1n) is 5.54. The van der Waals surface area contributed by atoms with Crippen LogP contribution < -0.4 is 0 Å². The SMILES string of the molecule is O=C(CCc1cccnc1)c1cc(Cl)ccc1Cl. The summed E-state index contributed by atoms with van der Waals surface area (Å²) < 4.78 is 0. The van der Waals surface area contributed by atoms with Gasteiger partial charge in [-0.3, -0.25) is 9.78 Å². The Morgan fingerprint density at radius 1 is 1.22 bits per heavy atom. The topological polar surface area (TPSA) is 30.0 Å². The van der Waals surface area contributed by atoms with Crippen molar-refractivity contribution in [2.45, 2.75) is 12.8 Å². The Balaban J connectivity index is 2.06. The van der Waals surface area contributed by atoms with E-state index in [0.717, 1.165) is 5.56 Å². The molecule has 0 fully saturated rings. The van der Waals surface area contributed by atoms with Gasteiger partial charge in [-0.15, -0.1) is 0 Å². The van der Waals surface area contributed by atoms with Crippen LogP contribution in [0.5, 0.6) is 0 Å². The summed E-state index contributed by atoms with van der Waals surface area (Å²) in [6.45, 7) is 0. The molecule has 0 aliphatic heterocycles. The van der Waals surface area contributed by atoms with Crippen molar-refractivity contribution in [1.29, 1.82) is 0 Å². The Bertz CT molecular complexity index is 555. The van der Waals surface area contributed by atoms with Gasteiger partial charge in [0.15, 0.2) is 5.78 Å².